The van der Waals surface area contributed by atoms with Crippen molar-refractivity contribution in [3.63, 3.8) is 0 Å². The Hall–Kier alpha value is -1.70. The van der Waals surface area contributed by atoms with Gasteiger partial charge in [-0.15, -0.1) is 0 Å². The van der Waals surface area contributed by atoms with Crippen molar-refractivity contribution in [2.75, 3.05) is 25.0 Å². The van der Waals surface area contributed by atoms with Gasteiger partial charge in [-0.25, -0.2) is 0 Å². The van der Waals surface area contributed by atoms with Crippen LogP contribution in [0.25, 0.3) is 0 Å². The van der Waals surface area contributed by atoms with Gasteiger partial charge in [0, 0.05) is 31.7 Å². The summed E-state index contributed by atoms with van der Waals surface area (Å²) in [6, 6.07) is 8.20. The van der Waals surface area contributed by atoms with E-state index in [0.29, 0.717) is 18.1 Å². The standard InChI is InChI=1S/C20H32N4O2S/c1-4-5-6-17-7-9-18(10-8-17)21-20(27)23-22-19(25)11-12-24-13-15(2)26-16(3)14-24/h7-10,15-16H,4-6,11-14H2,1-3H3,(H,22,25)(H2,21,23,27)/t15-,16-/m1/s1. The predicted molar refractivity (Wildman–Crippen MR) is 114 cm³/mol. The Morgan fingerprint density at radius 3 is 2.48 bits per heavy atom. The molecule has 1 heterocycles. The molecule has 7 heteroatoms. The molecule has 1 aromatic carbocycles. The lowest BCUT2D eigenvalue weighted by Crippen LogP contribution is -2.48. The van der Waals surface area contributed by atoms with Crippen LogP contribution >= 0.6 is 12.2 Å². The summed E-state index contributed by atoms with van der Waals surface area (Å²) in [5.41, 5.74) is 7.64. The summed E-state index contributed by atoms with van der Waals surface area (Å²) in [4.78, 5) is 14.3. The lowest BCUT2D eigenvalue weighted by atomic mass is 10.1. The van der Waals surface area contributed by atoms with Gasteiger partial charge in [0.25, 0.3) is 0 Å². The number of rotatable bonds is 7. The van der Waals surface area contributed by atoms with Crippen LogP contribution in [0.5, 0.6) is 0 Å². The SMILES string of the molecule is CCCCc1ccc(NC(=S)NNC(=O)CCN2C[C@@H](C)O[C@H](C)C2)cc1. The zero-order valence-electron chi connectivity index (χ0n) is 16.6. The average molecular weight is 393 g/mol. The van der Waals surface area contributed by atoms with E-state index in [1.807, 2.05) is 12.1 Å². The second kappa shape index (κ2) is 11.2. The quantitative estimate of drug-likeness (QED) is 0.490. The van der Waals surface area contributed by atoms with E-state index in [0.717, 1.165) is 25.2 Å². The van der Waals surface area contributed by atoms with Gasteiger partial charge in [-0.3, -0.25) is 20.5 Å². The number of morpholine rings is 1. The number of ether oxygens (including phenoxy) is 1. The molecule has 0 radical (unpaired) electrons. The fourth-order valence-electron chi connectivity index (χ4n) is 3.21. The number of anilines is 1. The average Bonchev–Trinajstić information content (AvgIpc) is 2.63. The maximum atomic E-state index is 12.0. The number of unbranched alkanes of at least 4 members (excludes halogenated alkanes) is 1. The number of hydrazine groups is 1. The van der Waals surface area contributed by atoms with Gasteiger partial charge >= 0.3 is 0 Å². The summed E-state index contributed by atoms with van der Waals surface area (Å²) in [5.74, 6) is -0.0825. The molecule has 0 bridgehead atoms. The second-order valence-corrected chi connectivity index (χ2v) is 7.60. The highest BCUT2D eigenvalue weighted by molar-refractivity contribution is 7.80. The van der Waals surface area contributed by atoms with Gasteiger partial charge in [0.2, 0.25) is 5.91 Å². The van der Waals surface area contributed by atoms with E-state index in [9.17, 15) is 4.79 Å². The van der Waals surface area contributed by atoms with Crippen molar-refractivity contribution in [1.29, 1.82) is 0 Å². The summed E-state index contributed by atoms with van der Waals surface area (Å²) in [6.07, 6.45) is 4.32. The summed E-state index contributed by atoms with van der Waals surface area (Å²) in [5, 5.41) is 3.45. The molecule has 1 aliphatic rings. The van der Waals surface area contributed by atoms with Crippen molar-refractivity contribution in [2.45, 2.75) is 58.7 Å². The number of benzene rings is 1. The van der Waals surface area contributed by atoms with Crippen molar-refractivity contribution in [3.05, 3.63) is 29.8 Å². The number of thiocarbonyl (C=S) groups is 1. The minimum absolute atomic E-state index is 0.0825. The maximum absolute atomic E-state index is 12.0. The highest BCUT2D eigenvalue weighted by Crippen LogP contribution is 2.12. The third-order valence-corrected chi connectivity index (χ3v) is 4.70. The summed E-state index contributed by atoms with van der Waals surface area (Å²) in [6.45, 7) is 8.75. The van der Waals surface area contributed by atoms with Crippen LogP contribution in [-0.2, 0) is 16.0 Å². The van der Waals surface area contributed by atoms with Crippen molar-refractivity contribution in [3.8, 4) is 0 Å². The Morgan fingerprint density at radius 1 is 1.19 bits per heavy atom. The zero-order valence-corrected chi connectivity index (χ0v) is 17.4. The molecule has 150 valence electrons. The molecule has 1 aliphatic heterocycles. The third-order valence-electron chi connectivity index (χ3n) is 4.50. The number of hydrogen-bond donors (Lipinski definition) is 3. The van der Waals surface area contributed by atoms with Crippen molar-refractivity contribution >= 4 is 28.9 Å². The molecule has 6 nitrogen and oxygen atoms in total. The number of aryl methyl sites for hydroxylation is 1. The smallest absolute Gasteiger partial charge is 0.239 e. The lowest BCUT2D eigenvalue weighted by Gasteiger charge is -2.35. The first-order chi connectivity index (χ1) is 13.0. The monoisotopic (exact) mass is 392 g/mol. The number of hydrogen-bond acceptors (Lipinski definition) is 4. The van der Waals surface area contributed by atoms with E-state index in [1.54, 1.807) is 0 Å². The van der Waals surface area contributed by atoms with E-state index in [2.05, 4.69) is 54.0 Å². The van der Waals surface area contributed by atoms with Crippen LogP contribution < -0.4 is 16.2 Å². The summed E-state index contributed by atoms with van der Waals surface area (Å²) < 4.78 is 5.71. The topological polar surface area (TPSA) is 65.6 Å². The molecule has 1 saturated heterocycles. The molecule has 0 unspecified atom stereocenters. The Morgan fingerprint density at radius 2 is 1.85 bits per heavy atom. The molecule has 1 fully saturated rings. The van der Waals surface area contributed by atoms with Gasteiger partial charge in [0.15, 0.2) is 5.11 Å². The number of amides is 1. The van der Waals surface area contributed by atoms with Gasteiger partial charge in [0.1, 0.15) is 0 Å². The van der Waals surface area contributed by atoms with Crippen molar-refractivity contribution in [2.24, 2.45) is 0 Å². The van der Waals surface area contributed by atoms with E-state index in [4.69, 9.17) is 17.0 Å². The van der Waals surface area contributed by atoms with E-state index < -0.39 is 0 Å². The largest absolute Gasteiger partial charge is 0.373 e. The van der Waals surface area contributed by atoms with Crippen LogP contribution in [0, 0.1) is 0 Å². The molecular weight excluding hydrogens is 360 g/mol. The molecule has 1 amide bonds. The first kappa shape index (κ1) is 21.6. The lowest BCUT2D eigenvalue weighted by molar-refractivity contribution is -0.123. The van der Waals surface area contributed by atoms with Crippen LogP contribution in [-0.4, -0.2) is 47.8 Å². The molecule has 0 saturated carbocycles. The van der Waals surface area contributed by atoms with Crippen LogP contribution in [0.15, 0.2) is 24.3 Å². The molecule has 0 aliphatic carbocycles. The Labute approximate surface area is 168 Å². The van der Waals surface area contributed by atoms with Crippen LogP contribution in [0.3, 0.4) is 0 Å². The molecule has 0 spiro atoms. The van der Waals surface area contributed by atoms with Crippen LogP contribution in [0.1, 0.15) is 45.6 Å². The molecule has 2 atom stereocenters. The Kier molecular flexibility index (Phi) is 8.97. The number of nitrogens with one attached hydrogen (secondary N) is 3. The molecule has 27 heavy (non-hydrogen) atoms. The molecule has 1 aromatic rings. The first-order valence-electron chi connectivity index (χ1n) is 9.79. The molecule has 0 aromatic heterocycles. The minimum atomic E-state index is -0.0825. The fraction of sp³-hybridized carbons (Fsp3) is 0.600. The van der Waals surface area contributed by atoms with E-state index in [1.165, 1.54) is 18.4 Å². The van der Waals surface area contributed by atoms with E-state index >= 15 is 0 Å². The number of nitrogens with zero attached hydrogens (tertiary/aromatic N) is 1. The third kappa shape index (κ3) is 8.24. The first-order valence-corrected chi connectivity index (χ1v) is 10.2. The Bertz CT molecular complexity index is 599. The predicted octanol–water partition coefficient (Wildman–Crippen LogP) is 2.85. The molecule has 2 rings (SSSR count). The van der Waals surface area contributed by atoms with Gasteiger partial charge in [-0.05, 0) is 56.6 Å². The zero-order chi connectivity index (χ0) is 19.6. The maximum Gasteiger partial charge on any atom is 0.239 e. The number of carbonyl (C=O) groups excluding carboxylic acids is 1. The van der Waals surface area contributed by atoms with Gasteiger partial charge in [-0.2, -0.15) is 0 Å². The van der Waals surface area contributed by atoms with Crippen molar-refractivity contribution in [1.82, 2.24) is 15.8 Å². The highest BCUT2D eigenvalue weighted by Gasteiger charge is 2.22. The Balaban J connectivity index is 1.65. The second-order valence-electron chi connectivity index (χ2n) is 7.19. The van der Waals surface area contributed by atoms with Gasteiger partial charge in [0.05, 0.1) is 12.2 Å². The molecule has 3 N–H and O–H groups in total. The van der Waals surface area contributed by atoms with Crippen LogP contribution in [0.2, 0.25) is 0 Å². The van der Waals surface area contributed by atoms with Crippen LogP contribution in [0.4, 0.5) is 5.69 Å². The summed E-state index contributed by atoms with van der Waals surface area (Å²) in [7, 11) is 0. The summed E-state index contributed by atoms with van der Waals surface area (Å²) >= 11 is 5.23. The van der Waals surface area contributed by atoms with E-state index in [-0.39, 0.29) is 18.1 Å². The van der Waals surface area contributed by atoms with Gasteiger partial charge in [-0.1, -0.05) is 25.5 Å². The van der Waals surface area contributed by atoms with Gasteiger partial charge < -0.3 is 10.1 Å². The fourth-order valence-corrected chi connectivity index (χ4v) is 3.38. The minimum Gasteiger partial charge on any atom is -0.373 e. The molecular formula is C20H32N4O2S. The number of carbonyl (C=O) groups is 1. The normalized spacial score (nSPS) is 20.1. The highest BCUT2D eigenvalue weighted by atomic mass is 32.1. The van der Waals surface area contributed by atoms with Crippen molar-refractivity contribution < 1.29 is 9.53 Å².